The Morgan fingerprint density at radius 1 is 1.21 bits per heavy atom. The van der Waals surface area contributed by atoms with Crippen LogP contribution in [0, 0.1) is 11.8 Å². The third kappa shape index (κ3) is 3.14. The number of rotatable bonds is 4. The van der Waals surface area contributed by atoms with Crippen LogP contribution < -0.4 is 5.32 Å². The van der Waals surface area contributed by atoms with Crippen LogP contribution >= 0.6 is 11.6 Å². The minimum Gasteiger partial charge on any atom is -0.506 e. The topological polar surface area (TPSA) is 86.7 Å². The SMILES string of the molecule is O=C(CCN1C(=O)[C@H]2CC=CC[C@@H]2C1=O)Nc1cc(Cl)ccc1O. The molecule has 7 heteroatoms. The Balaban J connectivity index is 1.59. The zero-order valence-corrected chi connectivity index (χ0v) is 13.6. The number of anilines is 1. The van der Waals surface area contributed by atoms with Crippen molar-refractivity contribution in [1.29, 1.82) is 0 Å². The highest BCUT2D eigenvalue weighted by molar-refractivity contribution is 6.31. The van der Waals surface area contributed by atoms with Crippen LogP contribution in [0.4, 0.5) is 5.69 Å². The monoisotopic (exact) mass is 348 g/mol. The van der Waals surface area contributed by atoms with E-state index in [1.54, 1.807) is 0 Å². The summed E-state index contributed by atoms with van der Waals surface area (Å²) in [6.07, 6.45) is 4.97. The number of aromatic hydroxyl groups is 1. The van der Waals surface area contributed by atoms with Crippen molar-refractivity contribution in [2.24, 2.45) is 11.8 Å². The lowest BCUT2D eigenvalue weighted by Crippen LogP contribution is -2.34. The maximum atomic E-state index is 12.3. The number of amides is 3. The molecule has 1 fully saturated rings. The Bertz CT molecular complexity index is 705. The van der Waals surface area contributed by atoms with Crippen LogP contribution in [0.25, 0.3) is 0 Å². The molecule has 3 rings (SSSR count). The Morgan fingerprint density at radius 2 is 1.83 bits per heavy atom. The molecule has 0 spiro atoms. The normalized spacial score (nSPS) is 22.6. The number of likely N-dealkylation sites (tertiary alicyclic amines) is 1. The zero-order valence-electron chi connectivity index (χ0n) is 12.9. The number of benzene rings is 1. The van der Waals surface area contributed by atoms with E-state index >= 15 is 0 Å². The van der Waals surface area contributed by atoms with Crippen molar-refractivity contribution < 1.29 is 19.5 Å². The van der Waals surface area contributed by atoms with E-state index in [1.807, 2.05) is 12.2 Å². The fourth-order valence-electron chi connectivity index (χ4n) is 3.12. The van der Waals surface area contributed by atoms with Gasteiger partial charge in [-0.1, -0.05) is 23.8 Å². The first kappa shape index (κ1) is 16.5. The van der Waals surface area contributed by atoms with E-state index in [9.17, 15) is 19.5 Å². The third-order valence-corrected chi connectivity index (χ3v) is 4.63. The van der Waals surface area contributed by atoms with Crippen LogP contribution in [0.2, 0.25) is 5.02 Å². The second-order valence-corrected chi connectivity index (χ2v) is 6.38. The largest absolute Gasteiger partial charge is 0.506 e. The number of phenolic OH excluding ortho intramolecular Hbond substituents is 1. The van der Waals surface area contributed by atoms with Crippen LogP contribution in [0.1, 0.15) is 19.3 Å². The molecule has 0 saturated carbocycles. The molecule has 126 valence electrons. The molecule has 0 unspecified atom stereocenters. The van der Waals surface area contributed by atoms with Gasteiger partial charge in [0.25, 0.3) is 0 Å². The molecule has 3 amide bonds. The molecule has 0 aromatic heterocycles. The average Bonchev–Trinajstić information content (AvgIpc) is 2.81. The first-order valence-electron chi connectivity index (χ1n) is 7.76. The summed E-state index contributed by atoms with van der Waals surface area (Å²) in [4.78, 5) is 37.8. The van der Waals surface area contributed by atoms with Gasteiger partial charge in [0.1, 0.15) is 5.75 Å². The van der Waals surface area contributed by atoms with Crippen LogP contribution in [0.3, 0.4) is 0 Å². The standard InChI is InChI=1S/C17H17ClN2O4/c18-10-5-6-14(21)13(9-10)19-15(22)7-8-20-16(23)11-3-1-2-4-12(11)17(20)24/h1-2,5-6,9,11-12,21H,3-4,7-8H2,(H,19,22)/t11-,12-/m0/s1. The van der Waals surface area contributed by atoms with Crippen LogP contribution in [0.5, 0.6) is 5.75 Å². The van der Waals surface area contributed by atoms with Gasteiger partial charge in [0.05, 0.1) is 17.5 Å². The third-order valence-electron chi connectivity index (χ3n) is 4.39. The van der Waals surface area contributed by atoms with Crippen molar-refractivity contribution in [3.63, 3.8) is 0 Å². The quantitative estimate of drug-likeness (QED) is 0.496. The first-order chi connectivity index (χ1) is 11.5. The molecule has 1 aliphatic heterocycles. The highest BCUT2D eigenvalue weighted by atomic mass is 35.5. The number of hydrogen-bond acceptors (Lipinski definition) is 4. The predicted octanol–water partition coefficient (Wildman–Crippen LogP) is 2.33. The van der Waals surface area contributed by atoms with E-state index in [4.69, 9.17) is 11.6 Å². The van der Waals surface area contributed by atoms with Crippen molar-refractivity contribution in [3.8, 4) is 5.75 Å². The molecule has 1 aromatic rings. The molecule has 1 saturated heterocycles. The minimum absolute atomic E-state index is 0.0314. The summed E-state index contributed by atoms with van der Waals surface area (Å²) >= 11 is 5.82. The van der Waals surface area contributed by atoms with Gasteiger partial charge in [0.15, 0.2) is 0 Å². The lowest BCUT2D eigenvalue weighted by atomic mass is 9.85. The number of halogens is 1. The van der Waals surface area contributed by atoms with Crippen molar-refractivity contribution in [3.05, 3.63) is 35.4 Å². The van der Waals surface area contributed by atoms with Crippen molar-refractivity contribution in [2.45, 2.75) is 19.3 Å². The number of imide groups is 1. The van der Waals surface area contributed by atoms with E-state index in [1.165, 1.54) is 23.1 Å². The molecule has 0 bridgehead atoms. The second kappa shape index (κ2) is 6.65. The van der Waals surface area contributed by atoms with E-state index in [0.717, 1.165) is 0 Å². The number of carbonyl (C=O) groups excluding carboxylic acids is 3. The number of allylic oxidation sites excluding steroid dienone is 2. The van der Waals surface area contributed by atoms with Gasteiger partial charge in [0.2, 0.25) is 17.7 Å². The molecule has 2 aliphatic rings. The minimum atomic E-state index is -0.402. The summed E-state index contributed by atoms with van der Waals surface area (Å²) < 4.78 is 0. The lowest BCUT2D eigenvalue weighted by Gasteiger charge is -2.14. The number of phenols is 1. The van der Waals surface area contributed by atoms with Crippen LogP contribution in [-0.4, -0.2) is 34.3 Å². The molecule has 6 nitrogen and oxygen atoms in total. The number of nitrogens with zero attached hydrogens (tertiary/aromatic N) is 1. The maximum absolute atomic E-state index is 12.3. The lowest BCUT2D eigenvalue weighted by molar-refractivity contribution is -0.140. The smallest absolute Gasteiger partial charge is 0.233 e. The zero-order chi connectivity index (χ0) is 17.3. The van der Waals surface area contributed by atoms with Gasteiger partial charge < -0.3 is 10.4 Å². The molecular weight excluding hydrogens is 332 g/mol. The summed E-state index contributed by atoms with van der Waals surface area (Å²) in [5.74, 6) is -1.48. The highest BCUT2D eigenvalue weighted by Gasteiger charge is 2.46. The van der Waals surface area contributed by atoms with Crippen LogP contribution in [-0.2, 0) is 14.4 Å². The molecule has 1 heterocycles. The molecule has 24 heavy (non-hydrogen) atoms. The fraction of sp³-hybridized carbons (Fsp3) is 0.353. The van der Waals surface area contributed by atoms with Gasteiger partial charge in [-0.15, -0.1) is 0 Å². The van der Waals surface area contributed by atoms with Crippen molar-refractivity contribution in [1.82, 2.24) is 4.90 Å². The number of fused-ring (bicyclic) bond motifs is 1. The fourth-order valence-corrected chi connectivity index (χ4v) is 3.30. The summed E-state index contributed by atoms with van der Waals surface area (Å²) in [5.41, 5.74) is 0.199. The second-order valence-electron chi connectivity index (χ2n) is 5.94. The van der Waals surface area contributed by atoms with E-state index in [0.29, 0.717) is 17.9 Å². The van der Waals surface area contributed by atoms with E-state index in [2.05, 4.69) is 5.32 Å². The Kier molecular flexibility index (Phi) is 4.57. The summed E-state index contributed by atoms with van der Waals surface area (Å²) in [5, 5.41) is 12.6. The van der Waals surface area contributed by atoms with Gasteiger partial charge in [-0.05, 0) is 31.0 Å². The Morgan fingerprint density at radius 3 is 2.46 bits per heavy atom. The van der Waals surface area contributed by atoms with E-state index in [-0.39, 0.29) is 48.1 Å². The summed E-state index contributed by atoms with van der Waals surface area (Å²) in [7, 11) is 0. The van der Waals surface area contributed by atoms with Crippen LogP contribution in [0.15, 0.2) is 30.4 Å². The van der Waals surface area contributed by atoms with Gasteiger partial charge in [0, 0.05) is 18.0 Å². The van der Waals surface area contributed by atoms with Gasteiger partial charge in [-0.2, -0.15) is 0 Å². The molecule has 1 aromatic carbocycles. The summed E-state index contributed by atoms with van der Waals surface area (Å²) in [6, 6.07) is 4.31. The molecule has 2 atom stereocenters. The van der Waals surface area contributed by atoms with Gasteiger partial charge in [-0.3, -0.25) is 19.3 Å². The summed E-state index contributed by atoms with van der Waals surface area (Å²) in [6.45, 7) is 0.0395. The Hall–Kier alpha value is -2.34. The Labute approximate surface area is 144 Å². The predicted molar refractivity (Wildman–Crippen MR) is 88.4 cm³/mol. The number of carbonyl (C=O) groups is 3. The average molecular weight is 349 g/mol. The molecule has 1 aliphatic carbocycles. The number of hydrogen-bond donors (Lipinski definition) is 2. The van der Waals surface area contributed by atoms with E-state index < -0.39 is 5.91 Å². The van der Waals surface area contributed by atoms with Crippen molar-refractivity contribution >= 4 is 35.0 Å². The number of nitrogens with one attached hydrogen (secondary N) is 1. The molecular formula is C17H17ClN2O4. The maximum Gasteiger partial charge on any atom is 0.233 e. The van der Waals surface area contributed by atoms with Crippen molar-refractivity contribution in [2.75, 3.05) is 11.9 Å². The first-order valence-corrected chi connectivity index (χ1v) is 8.13. The van der Waals surface area contributed by atoms with Gasteiger partial charge in [-0.25, -0.2) is 0 Å². The molecule has 2 N–H and O–H groups in total. The van der Waals surface area contributed by atoms with Gasteiger partial charge >= 0.3 is 0 Å². The highest BCUT2D eigenvalue weighted by Crippen LogP contribution is 2.35. The molecule has 0 radical (unpaired) electrons.